The van der Waals surface area contributed by atoms with Gasteiger partial charge >= 0.3 is 33.2 Å². The fraction of sp³-hybridized carbons (Fsp3) is 0.500. The van der Waals surface area contributed by atoms with Crippen LogP contribution in [-0.4, -0.2) is 4.31 Å². The summed E-state index contributed by atoms with van der Waals surface area (Å²) in [4.78, 5) is 0. The van der Waals surface area contributed by atoms with Crippen molar-refractivity contribution in [2.24, 2.45) is 0 Å². The van der Waals surface area contributed by atoms with E-state index in [4.69, 9.17) is 0 Å². The summed E-state index contributed by atoms with van der Waals surface area (Å²) in [6.07, 6.45) is 0. The van der Waals surface area contributed by atoms with E-state index in [-0.39, 0.29) is 0 Å². The molecule has 4 heavy (non-hydrogen) atoms. The molecule has 0 radical (unpaired) electrons. The summed E-state index contributed by atoms with van der Waals surface area (Å²) in [5.74, 6) is 0. The molecule has 0 spiro atoms. The van der Waals surface area contributed by atoms with Gasteiger partial charge in [0.2, 0.25) is 0 Å². The van der Waals surface area contributed by atoms with E-state index in [1.165, 1.54) is 0 Å². The molecular formula is C2H4OTi. The summed E-state index contributed by atoms with van der Waals surface area (Å²) < 4.78 is 11.1. The van der Waals surface area contributed by atoms with Crippen molar-refractivity contribution in [3.8, 4) is 0 Å². The van der Waals surface area contributed by atoms with E-state index in [0.29, 0.717) is 0 Å². The fourth-order valence-corrected chi connectivity index (χ4v) is 0. The normalized spacial score (nSPS) is 4.25. The van der Waals surface area contributed by atoms with Crippen molar-refractivity contribution >= 4 is 4.31 Å². The summed E-state index contributed by atoms with van der Waals surface area (Å²) in [7, 11) is 0. The molecule has 0 saturated carbocycles. The van der Waals surface area contributed by atoms with E-state index in [9.17, 15) is 3.32 Å². The third kappa shape index (κ3) is 2.38. The molecule has 1 nitrogen and oxygen atoms in total. The molecule has 0 aromatic heterocycles. The molecule has 22 valence electrons. The number of rotatable bonds is 0. The number of hydrogen-bond donors (Lipinski definition) is 0. The van der Waals surface area contributed by atoms with Gasteiger partial charge < -0.3 is 0 Å². The first kappa shape index (κ1) is 4.38. The molecule has 0 aromatic carbocycles. The van der Waals surface area contributed by atoms with E-state index in [2.05, 4.69) is 0 Å². The van der Waals surface area contributed by atoms with Crippen LogP contribution in [-0.2, 0) is 22.0 Å². The van der Waals surface area contributed by atoms with Crippen molar-refractivity contribution in [3.63, 3.8) is 0 Å². The van der Waals surface area contributed by atoms with Crippen molar-refractivity contribution in [1.29, 1.82) is 0 Å². The van der Waals surface area contributed by atoms with E-state index in [0.717, 1.165) is 0 Å². The van der Waals surface area contributed by atoms with Gasteiger partial charge in [0, 0.05) is 0 Å². The van der Waals surface area contributed by atoms with Crippen molar-refractivity contribution in [3.05, 3.63) is 0 Å². The topological polar surface area (TPSA) is 17.1 Å². The zero-order valence-corrected chi connectivity index (χ0v) is 4.05. The molecule has 0 heterocycles. The first-order valence-corrected chi connectivity index (χ1v) is 2.61. The Kier molecular flexibility index (Phi) is 3.71. The van der Waals surface area contributed by atoms with E-state index in [1.54, 1.807) is 11.2 Å². The Hall–Kier alpha value is 0.384. The molecule has 0 N–H and O–H groups in total. The SMILES string of the molecule is C[CH]=[Ti]=[O]. The Bertz CT molecular complexity index is 44.0. The van der Waals surface area contributed by atoms with Gasteiger partial charge in [-0.2, -0.15) is 0 Å². The van der Waals surface area contributed by atoms with Gasteiger partial charge in [-0.1, -0.05) is 0 Å². The summed E-state index contributed by atoms with van der Waals surface area (Å²) in [5, 5.41) is 0. The summed E-state index contributed by atoms with van der Waals surface area (Å²) >= 11 is -0.861. The zero-order valence-electron chi connectivity index (χ0n) is 2.49. The van der Waals surface area contributed by atoms with Crippen LogP contribution in [0.3, 0.4) is 0 Å². The van der Waals surface area contributed by atoms with E-state index >= 15 is 0 Å². The fourth-order valence-electron chi connectivity index (χ4n) is 0. The molecule has 0 unspecified atom stereocenters. The van der Waals surface area contributed by atoms with Crippen LogP contribution in [0.15, 0.2) is 0 Å². The van der Waals surface area contributed by atoms with Crippen molar-refractivity contribution in [2.45, 2.75) is 6.92 Å². The van der Waals surface area contributed by atoms with Gasteiger partial charge in [0.05, 0.1) is 0 Å². The quantitative estimate of drug-likeness (QED) is 0.391. The standard InChI is InChI=1S/C2H4.O.Ti/c1-2;;/h1H,2H3;;. The molecule has 0 amide bonds. The average molecular weight is 91.9 g/mol. The molecule has 0 aliphatic rings. The van der Waals surface area contributed by atoms with Gasteiger partial charge in [-0.25, -0.2) is 0 Å². The molecule has 0 fully saturated rings. The van der Waals surface area contributed by atoms with Crippen LogP contribution in [0.25, 0.3) is 0 Å². The van der Waals surface area contributed by atoms with Crippen LogP contribution in [0.4, 0.5) is 0 Å². The van der Waals surface area contributed by atoms with Gasteiger partial charge in [-0.3, -0.25) is 0 Å². The maximum atomic E-state index is 9.37. The van der Waals surface area contributed by atoms with Gasteiger partial charge in [-0.05, 0) is 0 Å². The molecule has 2 heteroatoms. The summed E-state index contributed by atoms with van der Waals surface area (Å²) in [6, 6.07) is 0. The second-order valence-corrected chi connectivity index (χ2v) is 1.68. The Labute approximate surface area is 33.8 Å². The third-order valence-electron chi connectivity index (χ3n) is 0.118. The van der Waals surface area contributed by atoms with Crippen LogP contribution < -0.4 is 0 Å². The van der Waals surface area contributed by atoms with Crippen LogP contribution >= 0.6 is 0 Å². The van der Waals surface area contributed by atoms with Crippen molar-refractivity contribution in [1.82, 2.24) is 0 Å². The molecule has 0 aromatic rings. The van der Waals surface area contributed by atoms with Crippen LogP contribution in [0.2, 0.25) is 0 Å². The Morgan fingerprint density at radius 1 is 2.00 bits per heavy atom. The van der Waals surface area contributed by atoms with Crippen LogP contribution in [0.5, 0.6) is 0 Å². The Morgan fingerprint density at radius 2 is 2.25 bits per heavy atom. The van der Waals surface area contributed by atoms with Crippen molar-refractivity contribution < 1.29 is 22.0 Å². The predicted octanol–water partition coefficient (Wildman–Crippen LogP) is 0.236. The third-order valence-corrected chi connectivity index (χ3v) is 0.486. The van der Waals surface area contributed by atoms with Gasteiger partial charge in [0.1, 0.15) is 0 Å². The minimum atomic E-state index is -0.861. The summed E-state index contributed by atoms with van der Waals surface area (Å²) in [6.45, 7) is 1.80. The first-order chi connectivity index (χ1) is 1.91. The summed E-state index contributed by atoms with van der Waals surface area (Å²) in [5.41, 5.74) is 0. The monoisotopic (exact) mass is 92.0 g/mol. The van der Waals surface area contributed by atoms with Crippen LogP contribution in [0, 0.1) is 0 Å². The Morgan fingerprint density at radius 3 is 2.25 bits per heavy atom. The van der Waals surface area contributed by atoms with E-state index < -0.39 is 18.7 Å². The molecular weight excluding hydrogens is 87.9 g/mol. The average Bonchev–Trinajstić information content (AvgIpc) is 1.37. The second-order valence-electron chi connectivity index (χ2n) is 0.407. The molecule has 0 aliphatic carbocycles. The number of hydrogen-bond acceptors (Lipinski definition) is 1. The second kappa shape index (κ2) is 3.38. The van der Waals surface area contributed by atoms with E-state index in [1.807, 2.05) is 0 Å². The zero-order chi connectivity index (χ0) is 3.41. The van der Waals surface area contributed by atoms with Gasteiger partial charge in [-0.15, -0.1) is 0 Å². The molecule has 0 aliphatic heterocycles. The van der Waals surface area contributed by atoms with Gasteiger partial charge in [0.15, 0.2) is 0 Å². The van der Waals surface area contributed by atoms with Crippen molar-refractivity contribution in [2.75, 3.05) is 0 Å². The Balaban J connectivity index is 3.11. The minimum absolute atomic E-state index is 0.861. The first-order valence-electron chi connectivity index (χ1n) is 1.07. The molecule has 0 rings (SSSR count). The van der Waals surface area contributed by atoms with Crippen LogP contribution in [0.1, 0.15) is 6.92 Å². The van der Waals surface area contributed by atoms with Gasteiger partial charge in [0.25, 0.3) is 0 Å². The predicted molar refractivity (Wildman–Crippen MR) is 12.4 cm³/mol. The maximum absolute atomic E-state index is 9.37. The molecule has 0 saturated heterocycles. The molecule has 0 atom stereocenters. The molecule has 0 bridgehead atoms.